The quantitative estimate of drug-likeness (QED) is 0.274. The van der Waals surface area contributed by atoms with Crippen LogP contribution in [0.5, 0.6) is 0 Å². The van der Waals surface area contributed by atoms with E-state index in [0.29, 0.717) is 10.6 Å². The monoisotopic (exact) mass is 529 g/mol. The van der Waals surface area contributed by atoms with Gasteiger partial charge in [-0.2, -0.15) is 0 Å². The number of imide groups is 1. The van der Waals surface area contributed by atoms with E-state index in [1.807, 2.05) is 12.1 Å². The van der Waals surface area contributed by atoms with Crippen LogP contribution in [0.1, 0.15) is 43.9 Å². The zero-order valence-corrected chi connectivity index (χ0v) is 20.4. The van der Waals surface area contributed by atoms with Crippen LogP contribution in [0, 0.1) is 5.92 Å². The summed E-state index contributed by atoms with van der Waals surface area (Å²) in [6.45, 7) is -0.151. The van der Waals surface area contributed by atoms with E-state index in [4.69, 9.17) is 34.8 Å². The lowest BCUT2D eigenvalue weighted by atomic mass is 9.94. The van der Waals surface area contributed by atoms with Crippen LogP contribution in [0.25, 0.3) is 11.1 Å². The number of carboxylic acid groups (broad SMARTS) is 1. The molecule has 1 atom stereocenters. The highest BCUT2D eigenvalue weighted by Crippen LogP contribution is 2.32. The molecule has 35 heavy (non-hydrogen) atoms. The normalized spacial score (nSPS) is 13.6. The zero-order chi connectivity index (χ0) is 25.3. The summed E-state index contributed by atoms with van der Waals surface area (Å²) in [7, 11) is 0. The van der Waals surface area contributed by atoms with E-state index in [0.717, 1.165) is 16.0 Å². The summed E-state index contributed by atoms with van der Waals surface area (Å²) < 4.78 is 0. The molecule has 1 N–H and O–H groups in total. The summed E-state index contributed by atoms with van der Waals surface area (Å²) in [5.41, 5.74) is 2.43. The number of benzene rings is 3. The third kappa shape index (κ3) is 5.25. The molecule has 0 saturated carbocycles. The molecule has 6 nitrogen and oxygen atoms in total. The minimum absolute atomic E-state index is 0.0726. The van der Waals surface area contributed by atoms with Crippen LogP contribution in [0.15, 0.2) is 60.7 Å². The SMILES string of the molecule is O=C(CC(CCN1C(=O)c2cc(Cl)c(Cl)cc2C1=O)C(=O)O)c1ccc(-c2ccc(Cl)cc2)cc1. The third-order valence-corrected chi connectivity index (χ3v) is 6.85. The maximum atomic E-state index is 12.8. The molecule has 3 aromatic carbocycles. The first-order valence-electron chi connectivity index (χ1n) is 10.6. The van der Waals surface area contributed by atoms with E-state index in [9.17, 15) is 24.3 Å². The van der Waals surface area contributed by atoms with Crippen LogP contribution < -0.4 is 0 Å². The van der Waals surface area contributed by atoms with Gasteiger partial charge in [0.2, 0.25) is 0 Å². The van der Waals surface area contributed by atoms with Gasteiger partial charge in [-0.1, -0.05) is 71.2 Å². The Balaban J connectivity index is 1.42. The summed E-state index contributed by atoms with van der Waals surface area (Å²) >= 11 is 17.8. The summed E-state index contributed by atoms with van der Waals surface area (Å²) in [5, 5.41) is 10.6. The number of Topliss-reactive ketones (excluding diaryl/α,β-unsaturated/α-hetero) is 1. The molecule has 2 amide bonds. The van der Waals surface area contributed by atoms with Gasteiger partial charge in [0.25, 0.3) is 11.8 Å². The van der Waals surface area contributed by atoms with Crippen molar-refractivity contribution in [3.05, 3.63) is 92.4 Å². The molecular weight excluding hydrogens is 513 g/mol. The maximum Gasteiger partial charge on any atom is 0.307 e. The second-order valence-corrected chi connectivity index (χ2v) is 9.36. The number of fused-ring (bicyclic) bond motifs is 1. The van der Waals surface area contributed by atoms with Gasteiger partial charge in [0, 0.05) is 23.6 Å². The van der Waals surface area contributed by atoms with Crippen molar-refractivity contribution in [2.45, 2.75) is 12.8 Å². The van der Waals surface area contributed by atoms with Gasteiger partial charge >= 0.3 is 5.97 Å². The van der Waals surface area contributed by atoms with E-state index in [-0.39, 0.29) is 46.3 Å². The second-order valence-electron chi connectivity index (χ2n) is 8.11. The minimum Gasteiger partial charge on any atom is -0.481 e. The molecule has 1 heterocycles. The van der Waals surface area contributed by atoms with Gasteiger partial charge in [0.15, 0.2) is 5.78 Å². The van der Waals surface area contributed by atoms with Gasteiger partial charge in [-0.3, -0.25) is 24.1 Å². The van der Waals surface area contributed by atoms with Crippen LogP contribution in [0.2, 0.25) is 15.1 Å². The Morgan fingerprint density at radius 1 is 0.800 bits per heavy atom. The molecule has 0 bridgehead atoms. The summed E-state index contributed by atoms with van der Waals surface area (Å²) in [6, 6.07) is 16.8. The van der Waals surface area contributed by atoms with Crippen molar-refractivity contribution in [2.75, 3.05) is 6.54 Å². The number of carboxylic acids is 1. The Hall–Kier alpha value is -3.19. The number of ketones is 1. The molecular formula is C26H18Cl3NO5. The number of carbonyl (C=O) groups is 4. The number of halogens is 3. The van der Waals surface area contributed by atoms with Gasteiger partial charge in [0.1, 0.15) is 0 Å². The average molecular weight is 531 g/mol. The predicted octanol–water partition coefficient (Wildman–Crippen LogP) is 6.27. The molecule has 9 heteroatoms. The lowest BCUT2D eigenvalue weighted by Gasteiger charge is -2.17. The molecule has 1 aliphatic heterocycles. The Morgan fingerprint density at radius 3 is 1.77 bits per heavy atom. The molecule has 0 radical (unpaired) electrons. The average Bonchev–Trinajstić information content (AvgIpc) is 3.06. The molecule has 0 aromatic heterocycles. The number of rotatable bonds is 8. The van der Waals surface area contributed by atoms with Gasteiger partial charge < -0.3 is 5.11 Å². The largest absolute Gasteiger partial charge is 0.481 e. The molecule has 0 saturated heterocycles. The fourth-order valence-electron chi connectivity index (χ4n) is 3.92. The van der Waals surface area contributed by atoms with E-state index in [1.54, 1.807) is 36.4 Å². The summed E-state index contributed by atoms with van der Waals surface area (Å²) in [5.74, 6) is -3.75. The molecule has 0 spiro atoms. The smallest absolute Gasteiger partial charge is 0.307 e. The number of nitrogens with zero attached hydrogens (tertiary/aromatic N) is 1. The standard InChI is InChI=1S/C26H18Cl3NO5/c27-18-7-5-15(6-8-18)14-1-3-16(4-2-14)23(31)11-17(26(34)35)9-10-30-24(32)19-12-21(28)22(29)13-20(19)25(30)33/h1-8,12-13,17H,9-11H2,(H,34,35). The number of hydrogen-bond acceptors (Lipinski definition) is 4. The summed E-state index contributed by atoms with van der Waals surface area (Å²) in [6.07, 6.45) is -0.340. The fraction of sp³-hybridized carbons (Fsp3) is 0.154. The molecule has 0 aliphatic carbocycles. The molecule has 3 aromatic rings. The van der Waals surface area contributed by atoms with Crippen molar-refractivity contribution in [1.82, 2.24) is 4.90 Å². The van der Waals surface area contributed by atoms with Crippen molar-refractivity contribution in [3.63, 3.8) is 0 Å². The van der Waals surface area contributed by atoms with Crippen molar-refractivity contribution in [2.24, 2.45) is 5.92 Å². The van der Waals surface area contributed by atoms with Crippen LogP contribution in [0.4, 0.5) is 0 Å². The Labute approximate surface area is 216 Å². The molecule has 4 rings (SSSR count). The predicted molar refractivity (Wildman–Crippen MR) is 133 cm³/mol. The van der Waals surface area contributed by atoms with Crippen LogP contribution in [-0.4, -0.2) is 40.1 Å². The van der Waals surface area contributed by atoms with Gasteiger partial charge in [-0.25, -0.2) is 0 Å². The number of hydrogen-bond donors (Lipinski definition) is 1. The van der Waals surface area contributed by atoms with Crippen LogP contribution in [0.3, 0.4) is 0 Å². The fourth-order valence-corrected chi connectivity index (χ4v) is 4.37. The molecule has 0 fully saturated rings. The Kier molecular flexibility index (Phi) is 7.26. The zero-order valence-electron chi connectivity index (χ0n) is 18.1. The lowest BCUT2D eigenvalue weighted by Crippen LogP contribution is -2.33. The van der Waals surface area contributed by atoms with Gasteiger partial charge in [-0.15, -0.1) is 0 Å². The second kappa shape index (κ2) is 10.2. The van der Waals surface area contributed by atoms with E-state index in [1.165, 1.54) is 12.1 Å². The molecule has 1 aliphatic rings. The van der Waals surface area contributed by atoms with Crippen LogP contribution >= 0.6 is 34.8 Å². The van der Waals surface area contributed by atoms with Crippen molar-refractivity contribution >= 4 is 58.4 Å². The number of aliphatic carboxylic acids is 1. The van der Waals surface area contributed by atoms with E-state index >= 15 is 0 Å². The summed E-state index contributed by atoms with van der Waals surface area (Å²) in [4.78, 5) is 50.8. The first-order valence-corrected chi connectivity index (χ1v) is 11.8. The minimum atomic E-state index is -1.18. The third-order valence-electron chi connectivity index (χ3n) is 5.88. The molecule has 1 unspecified atom stereocenters. The lowest BCUT2D eigenvalue weighted by molar-refractivity contribution is -0.142. The highest BCUT2D eigenvalue weighted by Gasteiger charge is 2.37. The van der Waals surface area contributed by atoms with Gasteiger partial charge in [0.05, 0.1) is 27.1 Å². The van der Waals surface area contributed by atoms with E-state index in [2.05, 4.69) is 0 Å². The van der Waals surface area contributed by atoms with Crippen LogP contribution in [-0.2, 0) is 4.79 Å². The van der Waals surface area contributed by atoms with Crippen molar-refractivity contribution < 1.29 is 24.3 Å². The maximum absolute atomic E-state index is 12.8. The first kappa shape index (κ1) is 24.9. The van der Waals surface area contributed by atoms with E-state index < -0.39 is 23.7 Å². The van der Waals surface area contributed by atoms with Crippen molar-refractivity contribution in [3.8, 4) is 11.1 Å². The molecule has 178 valence electrons. The number of amides is 2. The first-order chi connectivity index (χ1) is 16.7. The highest BCUT2D eigenvalue weighted by atomic mass is 35.5. The van der Waals surface area contributed by atoms with Gasteiger partial charge in [-0.05, 0) is 41.8 Å². The topological polar surface area (TPSA) is 91.8 Å². The Morgan fingerprint density at radius 2 is 1.29 bits per heavy atom. The Bertz CT molecular complexity index is 1300. The number of carbonyl (C=O) groups excluding carboxylic acids is 3. The van der Waals surface area contributed by atoms with Crippen molar-refractivity contribution in [1.29, 1.82) is 0 Å². The highest BCUT2D eigenvalue weighted by molar-refractivity contribution is 6.43.